The number of hydrogen-bond acceptors (Lipinski definition) is 3. The van der Waals surface area contributed by atoms with Crippen LogP contribution in [0.15, 0.2) is 12.1 Å². The lowest BCUT2D eigenvalue weighted by molar-refractivity contribution is 0.0688. The maximum atomic E-state index is 12.8. The van der Waals surface area contributed by atoms with Crippen molar-refractivity contribution >= 4 is 11.7 Å². The Morgan fingerprint density at radius 3 is 2.50 bits per heavy atom. The van der Waals surface area contributed by atoms with Gasteiger partial charge in [0.05, 0.1) is 5.69 Å². The summed E-state index contributed by atoms with van der Waals surface area (Å²) in [5.74, 6) is -3.28. The number of carboxylic acids is 1. The third kappa shape index (κ3) is 1.16. The molecule has 0 saturated heterocycles. The third-order valence-electron chi connectivity index (χ3n) is 1.36. The van der Waals surface area contributed by atoms with Crippen LogP contribution in [0.4, 0.5) is 10.1 Å². The van der Waals surface area contributed by atoms with Crippen LogP contribution in [0.25, 0.3) is 0 Å². The standard InChI is InChI=1S/C7H6FNO3/c8-6-3(9)1-2-4(10)5(6)7(11)12/h1-2,10H,9H2,(H,11,12). The van der Waals surface area contributed by atoms with Crippen LogP contribution in [-0.2, 0) is 0 Å². The van der Waals surface area contributed by atoms with Crippen molar-refractivity contribution in [3.05, 3.63) is 23.5 Å². The molecule has 0 radical (unpaired) electrons. The van der Waals surface area contributed by atoms with E-state index in [1.165, 1.54) is 0 Å². The molecule has 0 atom stereocenters. The number of phenols is 1. The summed E-state index contributed by atoms with van der Waals surface area (Å²) in [6, 6.07) is 2.12. The number of rotatable bonds is 1. The van der Waals surface area contributed by atoms with Crippen LogP contribution in [0.2, 0.25) is 0 Å². The normalized spacial score (nSPS) is 9.75. The summed E-state index contributed by atoms with van der Waals surface area (Å²) in [4.78, 5) is 10.3. The lowest BCUT2D eigenvalue weighted by Crippen LogP contribution is -2.03. The van der Waals surface area contributed by atoms with E-state index in [-0.39, 0.29) is 5.69 Å². The number of halogens is 1. The van der Waals surface area contributed by atoms with E-state index in [2.05, 4.69) is 0 Å². The van der Waals surface area contributed by atoms with E-state index in [0.717, 1.165) is 12.1 Å². The minimum absolute atomic E-state index is 0.301. The molecule has 0 amide bonds. The zero-order chi connectivity index (χ0) is 9.30. The van der Waals surface area contributed by atoms with E-state index in [1.54, 1.807) is 0 Å². The van der Waals surface area contributed by atoms with Gasteiger partial charge in [-0.25, -0.2) is 9.18 Å². The average Bonchev–Trinajstić information content (AvgIpc) is 1.97. The highest BCUT2D eigenvalue weighted by molar-refractivity contribution is 5.92. The molecule has 0 heterocycles. The Labute approximate surface area is 67.1 Å². The van der Waals surface area contributed by atoms with Crippen LogP contribution in [0.1, 0.15) is 10.4 Å². The van der Waals surface area contributed by atoms with Crippen LogP contribution in [0, 0.1) is 5.82 Å². The van der Waals surface area contributed by atoms with Crippen LogP contribution >= 0.6 is 0 Å². The summed E-state index contributed by atoms with van der Waals surface area (Å²) in [5, 5.41) is 17.3. The zero-order valence-corrected chi connectivity index (χ0v) is 5.91. The van der Waals surface area contributed by atoms with Crippen molar-refractivity contribution in [3.8, 4) is 5.75 Å². The summed E-state index contributed by atoms with van der Waals surface area (Å²) in [7, 11) is 0. The first-order chi connectivity index (χ1) is 5.54. The van der Waals surface area contributed by atoms with E-state index >= 15 is 0 Å². The second-order valence-corrected chi connectivity index (χ2v) is 2.17. The van der Waals surface area contributed by atoms with Gasteiger partial charge in [-0.2, -0.15) is 0 Å². The number of hydrogen-bond donors (Lipinski definition) is 3. The Balaban J connectivity index is 3.43. The molecular weight excluding hydrogens is 165 g/mol. The number of nitrogen functional groups attached to an aromatic ring is 1. The predicted octanol–water partition coefficient (Wildman–Crippen LogP) is 0.812. The smallest absolute Gasteiger partial charge is 0.342 e. The van der Waals surface area contributed by atoms with Gasteiger partial charge < -0.3 is 15.9 Å². The number of nitrogens with two attached hydrogens (primary N) is 1. The lowest BCUT2D eigenvalue weighted by Gasteiger charge is -2.02. The van der Waals surface area contributed by atoms with E-state index in [1.807, 2.05) is 0 Å². The summed E-state index contributed by atoms with van der Waals surface area (Å²) in [6.45, 7) is 0. The van der Waals surface area contributed by atoms with Gasteiger partial charge in [-0.1, -0.05) is 0 Å². The number of anilines is 1. The summed E-state index contributed by atoms with van der Waals surface area (Å²) >= 11 is 0. The average molecular weight is 171 g/mol. The fourth-order valence-corrected chi connectivity index (χ4v) is 0.785. The number of carbonyl (C=O) groups is 1. The fraction of sp³-hybridized carbons (Fsp3) is 0. The van der Waals surface area contributed by atoms with Gasteiger partial charge in [0.25, 0.3) is 0 Å². The number of aromatic hydroxyl groups is 1. The van der Waals surface area contributed by atoms with Gasteiger partial charge in [-0.3, -0.25) is 0 Å². The lowest BCUT2D eigenvalue weighted by atomic mass is 10.1. The van der Waals surface area contributed by atoms with Gasteiger partial charge in [0.15, 0.2) is 5.82 Å². The molecule has 1 rings (SSSR count). The molecule has 12 heavy (non-hydrogen) atoms. The summed E-state index contributed by atoms with van der Waals surface area (Å²) in [5.41, 5.74) is 3.98. The highest BCUT2D eigenvalue weighted by Crippen LogP contribution is 2.24. The Kier molecular flexibility index (Phi) is 1.86. The topological polar surface area (TPSA) is 83.5 Å². The number of aromatic carboxylic acids is 1. The maximum Gasteiger partial charge on any atom is 0.342 e. The molecular formula is C7H6FNO3. The van der Waals surface area contributed by atoms with Gasteiger partial charge in [-0.05, 0) is 12.1 Å². The van der Waals surface area contributed by atoms with E-state index in [9.17, 15) is 9.18 Å². The Bertz CT molecular complexity index is 338. The molecule has 0 fully saturated rings. The molecule has 0 aromatic heterocycles. The summed E-state index contributed by atoms with van der Waals surface area (Å²) < 4.78 is 12.8. The molecule has 1 aromatic rings. The van der Waals surface area contributed by atoms with Crippen molar-refractivity contribution in [3.63, 3.8) is 0 Å². The molecule has 0 aliphatic rings. The highest BCUT2D eigenvalue weighted by Gasteiger charge is 2.17. The Hall–Kier alpha value is -1.78. The van der Waals surface area contributed by atoms with Crippen LogP contribution < -0.4 is 5.73 Å². The highest BCUT2D eigenvalue weighted by atomic mass is 19.1. The van der Waals surface area contributed by atoms with Crippen LogP contribution in [-0.4, -0.2) is 16.2 Å². The first kappa shape index (κ1) is 8.32. The molecule has 0 aliphatic carbocycles. The van der Waals surface area contributed by atoms with Crippen molar-refractivity contribution in [2.24, 2.45) is 0 Å². The Morgan fingerprint density at radius 2 is 2.08 bits per heavy atom. The molecule has 0 bridgehead atoms. The molecule has 0 spiro atoms. The van der Waals surface area contributed by atoms with Gasteiger partial charge in [0, 0.05) is 0 Å². The van der Waals surface area contributed by atoms with E-state index < -0.39 is 23.1 Å². The molecule has 0 unspecified atom stereocenters. The van der Waals surface area contributed by atoms with Crippen LogP contribution in [0.3, 0.4) is 0 Å². The van der Waals surface area contributed by atoms with Crippen molar-refractivity contribution in [2.75, 3.05) is 5.73 Å². The molecule has 1 aromatic carbocycles. The number of carboxylic acid groups (broad SMARTS) is 1. The van der Waals surface area contributed by atoms with Crippen molar-refractivity contribution in [2.45, 2.75) is 0 Å². The number of benzene rings is 1. The SMILES string of the molecule is Nc1ccc(O)c(C(=O)O)c1F. The van der Waals surface area contributed by atoms with Crippen molar-refractivity contribution in [1.82, 2.24) is 0 Å². The molecule has 0 aliphatic heterocycles. The van der Waals surface area contributed by atoms with Gasteiger partial charge in [0.2, 0.25) is 0 Å². The quantitative estimate of drug-likeness (QED) is 0.431. The molecule has 4 nitrogen and oxygen atoms in total. The molecule has 0 saturated carbocycles. The zero-order valence-electron chi connectivity index (χ0n) is 5.91. The predicted molar refractivity (Wildman–Crippen MR) is 39.4 cm³/mol. The monoisotopic (exact) mass is 171 g/mol. The minimum Gasteiger partial charge on any atom is -0.507 e. The van der Waals surface area contributed by atoms with E-state index in [0.29, 0.717) is 0 Å². The van der Waals surface area contributed by atoms with Crippen molar-refractivity contribution < 1.29 is 19.4 Å². The first-order valence-electron chi connectivity index (χ1n) is 3.04. The molecule has 5 heteroatoms. The maximum absolute atomic E-state index is 12.8. The first-order valence-corrected chi connectivity index (χ1v) is 3.04. The third-order valence-corrected chi connectivity index (χ3v) is 1.36. The molecule has 4 N–H and O–H groups in total. The minimum atomic E-state index is -1.54. The van der Waals surface area contributed by atoms with Gasteiger partial charge >= 0.3 is 5.97 Å². The molecule has 64 valence electrons. The van der Waals surface area contributed by atoms with E-state index in [4.69, 9.17) is 15.9 Å². The second kappa shape index (κ2) is 2.69. The summed E-state index contributed by atoms with van der Waals surface area (Å²) in [6.07, 6.45) is 0. The van der Waals surface area contributed by atoms with Crippen LogP contribution in [0.5, 0.6) is 5.75 Å². The van der Waals surface area contributed by atoms with Crippen molar-refractivity contribution in [1.29, 1.82) is 0 Å². The fourth-order valence-electron chi connectivity index (χ4n) is 0.785. The van der Waals surface area contributed by atoms with Gasteiger partial charge in [-0.15, -0.1) is 0 Å². The largest absolute Gasteiger partial charge is 0.507 e. The Morgan fingerprint density at radius 1 is 1.50 bits per heavy atom. The van der Waals surface area contributed by atoms with Gasteiger partial charge in [0.1, 0.15) is 11.3 Å². The second-order valence-electron chi connectivity index (χ2n) is 2.17.